The Balaban J connectivity index is 3.93. The lowest BCUT2D eigenvalue weighted by Crippen LogP contribution is -2.18. The van der Waals surface area contributed by atoms with Crippen LogP contribution in [0.25, 0.3) is 0 Å². The molecule has 4 heteroatoms. The highest BCUT2D eigenvalue weighted by Crippen LogP contribution is 2.19. The normalized spacial score (nSPS) is 12.0. The van der Waals surface area contributed by atoms with Crippen LogP contribution in [0.4, 0.5) is 0 Å². The smallest absolute Gasteiger partial charge is 0.306 e. The Hall–Kier alpha value is -1.06. The van der Waals surface area contributed by atoms with Crippen LogP contribution in [0.1, 0.15) is 219 Å². The van der Waals surface area contributed by atoms with Crippen molar-refractivity contribution in [2.75, 3.05) is 0 Å². The van der Waals surface area contributed by atoms with Crippen LogP contribution in [0.15, 0.2) is 0 Å². The average Bonchev–Trinajstić information content (AvgIpc) is 2.95. The van der Waals surface area contributed by atoms with Crippen LogP contribution in [0, 0.1) is 0 Å². The minimum Gasteiger partial charge on any atom is -0.481 e. The molecule has 0 spiro atoms. The van der Waals surface area contributed by atoms with Crippen molar-refractivity contribution in [3.63, 3.8) is 0 Å². The second kappa shape index (κ2) is 33.4. The van der Waals surface area contributed by atoms with Crippen LogP contribution in [0.3, 0.4) is 0 Å². The van der Waals surface area contributed by atoms with E-state index in [1.807, 2.05) is 0 Å². The van der Waals surface area contributed by atoms with Crippen molar-refractivity contribution in [3.8, 4) is 0 Å². The number of carbonyl (C=O) groups excluding carboxylic acids is 1. The van der Waals surface area contributed by atoms with E-state index in [2.05, 4.69) is 13.8 Å². The third-order valence-electron chi connectivity index (χ3n) is 8.58. The van der Waals surface area contributed by atoms with Crippen LogP contribution in [-0.4, -0.2) is 23.1 Å². The van der Waals surface area contributed by atoms with Crippen LogP contribution in [0.2, 0.25) is 0 Å². The van der Waals surface area contributed by atoms with Gasteiger partial charge in [-0.2, -0.15) is 0 Å². The Bertz CT molecular complexity index is 547. The Morgan fingerprint density at radius 3 is 1.10 bits per heavy atom. The van der Waals surface area contributed by atoms with Gasteiger partial charge in [0.25, 0.3) is 0 Å². The van der Waals surface area contributed by atoms with E-state index in [1.54, 1.807) is 0 Å². The summed E-state index contributed by atoms with van der Waals surface area (Å²) in [5, 5.41) is 8.87. The molecular formula is C37H72O4. The van der Waals surface area contributed by atoms with E-state index in [1.165, 1.54) is 141 Å². The monoisotopic (exact) mass is 581 g/mol. The maximum Gasteiger partial charge on any atom is 0.306 e. The summed E-state index contributed by atoms with van der Waals surface area (Å²) in [7, 11) is 0. The maximum atomic E-state index is 12.5. The number of carboxylic acids is 1. The van der Waals surface area contributed by atoms with E-state index in [9.17, 15) is 9.59 Å². The van der Waals surface area contributed by atoms with Gasteiger partial charge in [0.15, 0.2) is 0 Å². The number of aliphatic carboxylic acids is 1. The SMILES string of the molecule is CCCCCCCCCCCCCCCC(CCCCCC(=O)O)OC(=O)CCCCCCCCCCCCCC. The molecule has 0 aliphatic carbocycles. The Morgan fingerprint density at radius 1 is 0.439 bits per heavy atom. The fraction of sp³-hybridized carbons (Fsp3) is 0.946. The Labute approximate surface area is 256 Å². The quantitative estimate of drug-likeness (QED) is 0.0607. The summed E-state index contributed by atoms with van der Waals surface area (Å²) in [6.45, 7) is 4.55. The summed E-state index contributed by atoms with van der Waals surface area (Å²) < 4.78 is 5.93. The van der Waals surface area contributed by atoms with Gasteiger partial charge < -0.3 is 9.84 Å². The first-order valence-electron chi connectivity index (χ1n) is 18.5. The molecule has 0 amide bonds. The fourth-order valence-corrected chi connectivity index (χ4v) is 5.83. The topological polar surface area (TPSA) is 63.6 Å². The molecule has 0 aliphatic heterocycles. The summed E-state index contributed by atoms with van der Waals surface area (Å²) in [4.78, 5) is 23.3. The first kappa shape index (κ1) is 39.9. The van der Waals surface area contributed by atoms with Gasteiger partial charge in [-0.05, 0) is 38.5 Å². The number of carboxylic acid groups (broad SMARTS) is 1. The zero-order valence-corrected chi connectivity index (χ0v) is 27.9. The number of hydrogen-bond acceptors (Lipinski definition) is 3. The minimum atomic E-state index is -0.720. The van der Waals surface area contributed by atoms with E-state index >= 15 is 0 Å². The summed E-state index contributed by atoms with van der Waals surface area (Å²) in [5.41, 5.74) is 0. The standard InChI is InChI=1S/C37H72O4/c1-3-5-7-9-11-13-15-17-18-20-22-24-27-31-35(32-28-26-29-33-36(38)39)41-37(40)34-30-25-23-21-19-16-14-12-10-8-6-4-2/h35H,3-34H2,1-2H3,(H,38,39). The molecular weight excluding hydrogens is 508 g/mol. The van der Waals surface area contributed by atoms with Crippen molar-refractivity contribution in [3.05, 3.63) is 0 Å². The van der Waals surface area contributed by atoms with Gasteiger partial charge in [0.1, 0.15) is 6.10 Å². The molecule has 0 saturated carbocycles. The lowest BCUT2D eigenvalue weighted by molar-refractivity contribution is -0.150. The fourth-order valence-electron chi connectivity index (χ4n) is 5.83. The highest BCUT2D eigenvalue weighted by Gasteiger charge is 2.14. The van der Waals surface area contributed by atoms with Crippen LogP contribution in [-0.2, 0) is 14.3 Å². The molecule has 0 bridgehead atoms. The summed E-state index contributed by atoms with van der Waals surface area (Å²) in [6, 6.07) is 0. The zero-order valence-electron chi connectivity index (χ0n) is 27.9. The molecule has 0 rings (SSSR count). The highest BCUT2D eigenvalue weighted by molar-refractivity contribution is 5.69. The number of ether oxygens (including phenoxy) is 1. The predicted octanol–water partition coefficient (Wildman–Crippen LogP) is 12.5. The van der Waals surface area contributed by atoms with Gasteiger partial charge in [0.2, 0.25) is 0 Å². The molecule has 41 heavy (non-hydrogen) atoms. The van der Waals surface area contributed by atoms with Crippen LogP contribution in [0.5, 0.6) is 0 Å². The van der Waals surface area contributed by atoms with Crippen molar-refractivity contribution in [2.45, 2.75) is 225 Å². The first-order chi connectivity index (χ1) is 20.1. The van der Waals surface area contributed by atoms with Crippen molar-refractivity contribution in [1.82, 2.24) is 0 Å². The van der Waals surface area contributed by atoms with E-state index in [0.29, 0.717) is 12.8 Å². The second-order valence-corrected chi connectivity index (χ2v) is 12.8. The number of esters is 1. The van der Waals surface area contributed by atoms with Crippen molar-refractivity contribution >= 4 is 11.9 Å². The number of hydrogen-bond donors (Lipinski definition) is 1. The molecule has 1 unspecified atom stereocenters. The van der Waals surface area contributed by atoms with Gasteiger partial charge >= 0.3 is 11.9 Å². The largest absolute Gasteiger partial charge is 0.481 e. The van der Waals surface area contributed by atoms with Gasteiger partial charge in [-0.1, -0.05) is 168 Å². The van der Waals surface area contributed by atoms with E-state index in [4.69, 9.17) is 9.84 Å². The molecule has 0 aliphatic rings. The Kier molecular flexibility index (Phi) is 32.6. The molecule has 0 aromatic rings. The predicted molar refractivity (Wildman–Crippen MR) is 177 cm³/mol. The molecule has 1 atom stereocenters. The van der Waals surface area contributed by atoms with Crippen molar-refractivity contribution in [1.29, 1.82) is 0 Å². The van der Waals surface area contributed by atoms with Crippen molar-refractivity contribution < 1.29 is 19.4 Å². The number of carbonyl (C=O) groups is 2. The third kappa shape index (κ3) is 33.3. The number of unbranched alkanes of at least 4 members (excludes halogenated alkanes) is 25. The molecule has 0 saturated heterocycles. The molecule has 244 valence electrons. The van der Waals surface area contributed by atoms with Gasteiger partial charge in [-0.3, -0.25) is 9.59 Å². The summed E-state index contributed by atoms with van der Waals surface area (Å²) in [6.07, 6.45) is 38.2. The molecule has 0 aromatic heterocycles. The van der Waals surface area contributed by atoms with Crippen LogP contribution >= 0.6 is 0 Å². The Morgan fingerprint density at radius 2 is 0.732 bits per heavy atom. The first-order valence-corrected chi connectivity index (χ1v) is 18.5. The van der Waals surface area contributed by atoms with Gasteiger partial charge in [0, 0.05) is 12.8 Å². The zero-order chi connectivity index (χ0) is 30.1. The van der Waals surface area contributed by atoms with Crippen molar-refractivity contribution in [2.24, 2.45) is 0 Å². The summed E-state index contributed by atoms with van der Waals surface area (Å²) in [5.74, 6) is -0.746. The summed E-state index contributed by atoms with van der Waals surface area (Å²) >= 11 is 0. The lowest BCUT2D eigenvalue weighted by atomic mass is 10.0. The highest BCUT2D eigenvalue weighted by atomic mass is 16.5. The molecule has 0 radical (unpaired) electrons. The lowest BCUT2D eigenvalue weighted by Gasteiger charge is -2.18. The molecule has 0 fully saturated rings. The van der Waals surface area contributed by atoms with Gasteiger partial charge in [0.05, 0.1) is 0 Å². The van der Waals surface area contributed by atoms with Gasteiger partial charge in [-0.15, -0.1) is 0 Å². The van der Waals surface area contributed by atoms with Crippen LogP contribution < -0.4 is 0 Å². The molecule has 4 nitrogen and oxygen atoms in total. The van der Waals surface area contributed by atoms with E-state index < -0.39 is 5.97 Å². The maximum absolute atomic E-state index is 12.5. The van der Waals surface area contributed by atoms with E-state index in [-0.39, 0.29) is 18.5 Å². The average molecular weight is 581 g/mol. The minimum absolute atomic E-state index is 0.0114. The molecule has 1 N–H and O–H groups in total. The third-order valence-corrected chi connectivity index (χ3v) is 8.58. The molecule has 0 heterocycles. The number of rotatable bonds is 34. The van der Waals surface area contributed by atoms with Gasteiger partial charge in [-0.25, -0.2) is 0 Å². The van der Waals surface area contributed by atoms with E-state index in [0.717, 1.165) is 44.9 Å². The molecule has 0 aromatic carbocycles. The second-order valence-electron chi connectivity index (χ2n) is 12.8.